The van der Waals surface area contributed by atoms with Gasteiger partial charge in [0.25, 0.3) is 0 Å². The van der Waals surface area contributed by atoms with Crippen LogP contribution in [-0.4, -0.2) is 12.6 Å². The van der Waals surface area contributed by atoms with E-state index < -0.39 is 0 Å². The highest BCUT2D eigenvalue weighted by atomic mass is 35.5. The second kappa shape index (κ2) is 8.44. The fourth-order valence-corrected chi connectivity index (χ4v) is 2.15. The van der Waals surface area contributed by atoms with Gasteiger partial charge in [-0.05, 0) is 55.4 Å². The second-order valence-corrected chi connectivity index (χ2v) is 5.84. The van der Waals surface area contributed by atoms with E-state index in [4.69, 9.17) is 22.1 Å². The summed E-state index contributed by atoms with van der Waals surface area (Å²) < 4.78 is 5.76. The highest BCUT2D eigenvalue weighted by Crippen LogP contribution is 2.25. The molecule has 0 aliphatic carbocycles. The van der Waals surface area contributed by atoms with Crippen LogP contribution in [0.3, 0.4) is 0 Å². The number of benzene rings is 1. The summed E-state index contributed by atoms with van der Waals surface area (Å²) in [6, 6.07) is 6.14. The third-order valence-corrected chi connectivity index (χ3v) is 3.56. The molecule has 2 nitrogen and oxygen atoms in total. The molecule has 0 aliphatic rings. The van der Waals surface area contributed by atoms with Crippen LogP contribution in [0.15, 0.2) is 18.2 Å². The maximum Gasteiger partial charge on any atom is 0.122 e. The molecule has 3 heteroatoms. The summed E-state index contributed by atoms with van der Waals surface area (Å²) >= 11 is 6.06. The predicted molar refractivity (Wildman–Crippen MR) is 83.0 cm³/mol. The van der Waals surface area contributed by atoms with Gasteiger partial charge in [-0.3, -0.25) is 0 Å². The fraction of sp³-hybridized carbons (Fsp3) is 0.625. The van der Waals surface area contributed by atoms with Gasteiger partial charge in [-0.2, -0.15) is 0 Å². The largest absolute Gasteiger partial charge is 0.493 e. The molecule has 0 saturated heterocycles. The monoisotopic (exact) mass is 283 g/mol. The Morgan fingerprint density at radius 3 is 2.68 bits per heavy atom. The molecule has 0 radical (unpaired) electrons. The van der Waals surface area contributed by atoms with E-state index in [-0.39, 0.29) is 6.04 Å². The molecule has 0 heterocycles. The SMILES string of the molecule is CCCOc1ccc(Cl)cc1CCCC(N)C(C)C. The first kappa shape index (κ1) is 16.3. The van der Waals surface area contributed by atoms with E-state index in [2.05, 4.69) is 20.8 Å². The van der Waals surface area contributed by atoms with Gasteiger partial charge in [0.15, 0.2) is 0 Å². The van der Waals surface area contributed by atoms with Gasteiger partial charge in [0.1, 0.15) is 5.75 Å². The Morgan fingerprint density at radius 1 is 1.32 bits per heavy atom. The lowest BCUT2D eigenvalue weighted by molar-refractivity contribution is 0.313. The lowest BCUT2D eigenvalue weighted by Crippen LogP contribution is -2.26. The van der Waals surface area contributed by atoms with Crippen molar-refractivity contribution in [3.8, 4) is 5.75 Å². The lowest BCUT2D eigenvalue weighted by atomic mass is 9.97. The zero-order chi connectivity index (χ0) is 14.3. The summed E-state index contributed by atoms with van der Waals surface area (Å²) in [7, 11) is 0. The number of nitrogens with two attached hydrogens (primary N) is 1. The first-order chi connectivity index (χ1) is 9.04. The first-order valence-corrected chi connectivity index (χ1v) is 7.59. The Hall–Kier alpha value is -0.730. The van der Waals surface area contributed by atoms with Gasteiger partial charge >= 0.3 is 0 Å². The first-order valence-electron chi connectivity index (χ1n) is 7.21. The zero-order valence-corrected chi connectivity index (χ0v) is 13.0. The van der Waals surface area contributed by atoms with E-state index in [0.29, 0.717) is 5.92 Å². The van der Waals surface area contributed by atoms with E-state index in [1.54, 1.807) is 0 Å². The minimum Gasteiger partial charge on any atom is -0.493 e. The van der Waals surface area contributed by atoms with Crippen LogP contribution in [0.1, 0.15) is 45.6 Å². The molecule has 0 aromatic heterocycles. The summed E-state index contributed by atoms with van der Waals surface area (Å²) in [5, 5.41) is 0.770. The van der Waals surface area contributed by atoms with Gasteiger partial charge in [-0.15, -0.1) is 0 Å². The summed E-state index contributed by atoms with van der Waals surface area (Å²) in [6.45, 7) is 7.19. The zero-order valence-electron chi connectivity index (χ0n) is 12.3. The quantitative estimate of drug-likeness (QED) is 0.766. The normalized spacial score (nSPS) is 12.7. The molecule has 1 unspecified atom stereocenters. The van der Waals surface area contributed by atoms with Crippen LogP contribution in [0.2, 0.25) is 5.02 Å². The molecule has 2 N–H and O–H groups in total. The van der Waals surface area contributed by atoms with Crippen molar-refractivity contribution < 1.29 is 4.74 Å². The third kappa shape index (κ3) is 5.84. The summed E-state index contributed by atoms with van der Waals surface area (Å²) in [5.41, 5.74) is 7.26. The summed E-state index contributed by atoms with van der Waals surface area (Å²) in [4.78, 5) is 0. The maximum absolute atomic E-state index is 6.07. The van der Waals surface area contributed by atoms with Crippen molar-refractivity contribution >= 4 is 11.6 Å². The van der Waals surface area contributed by atoms with Crippen LogP contribution >= 0.6 is 11.6 Å². The molecule has 1 aromatic rings. The molecule has 1 rings (SSSR count). The number of hydrogen-bond acceptors (Lipinski definition) is 2. The van der Waals surface area contributed by atoms with Crippen molar-refractivity contribution in [3.05, 3.63) is 28.8 Å². The molecule has 108 valence electrons. The van der Waals surface area contributed by atoms with E-state index in [0.717, 1.165) is 43.1 Å². The molecule has 0 bridgehead atoms. The minimum absolute atomic E-state index is 0.277. The smallest absolute Gasteiger partial charge is 0.122 e. The van der Waals surface area contributed by atoms with Crippen molar-refractivity contribution in [1.82, 2.24) is 0 Å². The van der Waals surface area contributed by atoms with Crippen molar-refractivity contribution in [1.29, 1.82) is 0 Å². The Balaban J connectivity index is 2.57. The van der Waals surface area contributed by atoms with Crippen LogP contribution in [-0.2, 0) is 6.42 Å². The average molecular weight is 284 g/mol. The molecule has 0 aliphatic heterocycles. The fourth-order valence-electron chi connectivity index (χ4n) is 1.96. The number of aryl methyl sites for hydroxylation is 1. The highest BCUT2D eigenvalue weighted by Gasteiger charge is 2.09. The van der Waals surface area contributed by atoms with Crippen molar-refractivity contribution in [3.63, 3.8) is 0 Å². The van der Waals surface area contributed by atoms with E-state index in [1.807, 2.05) is 18.2 Å². The van der Waals surface area contributed by atoms with Crippen LogP contribution in [0.25, 0.3) is 0 Å². The van der Waals surface area contributed by atoms with Crippen LogP contribution in [0.5, 0.6) is 5.75 Å². The van der Waals surface area contributed by atoms with E-state index in [9.17, 15) is 0 Å². The summed E-state index contributed by atoms with van der Waals surface area (Å²) in [5.74, 6) is 1.50. The second-order valence-electron chi connectivity index (χ2n) is 5.40. The Kier molecular flexibility index (Phi) is 7.25. The Labute approximate surface area is 122 Å². The minimum atomic E-state index is 0.277. The van der Waals surface area contributed by atoms with Crippen molar-refractivity contribution in [2.24, 2.45) is 11.7 Å². The molecule has 1 atom stereocenters. The van der Waals surface area contributed by atoms with Crippen molar-refractivity contribution in [2.75, 3.05) is 6.61 Å². The van der Waals surface area contributed by atoms with Gasteiger partial charge in [0, 0.05) is 11.1 Å². The van der Waals surface area contributed by atoms with Crippen LogP contribution in [0.4, 0.5) is 0 Å². The van der Waals surface area contributed by atoms with Crippen LogP contribution < -0.4 is 10.5 Å². The number of hydrogen-bond donors (Lipinski definition) is 1. The highest BCUT2D eigenvalue weighted by molar-refractivity contribution is 6.30. The standard InChI is InChI=1S/C16H26ClNO/c1-4-10-19-16-9-8-14(17)11-13(16)6-5-7-15(18)12(2)3/h8-9,11-12,15H,4-7,10,18H2,1-3H3. The molecule has 19 heavy (non-hydrogen) atoms. The number of rotatable bonds is 8. The number of ether oxygens (including phenoxy) is 1. The summed E-state index contributed by atoms with van der Waals surface area (Å²) in [6.07, 6.45) is 4.10. The molecular formula is C16H26ClNO. The van der Waals surface area contributed by atoms with Gasteiger partial charge in [0.05, 0.1) is 6.61 Å². The number of halogens is 1. The Bertz CT molecular complexity index is 379. The molecule has 0 amide bonds. The molecular weight excluding hydrogens is 258 g/mol. The van der Waals surface area contributed by atoms with Gasteiger partial charge < -0.3 is 10.5 Å². The lowest BCUT2D eigenvalue weighted by Gasteiger charge is -2.16. The molecule has 1 aromatic carbocycles. The van der Waals surface area contributed by atoms with E-state index >= 15 is 0 Å². The third-order valence-electron chi connectivity index (χ3n) is 3.32. The van der Waals surface area contributed by atoms with E-state index in [1.165, 1.54) is 5.56 Å². The van der Waals surface area contributed by atoms with Gasteiger partial charge in [-0.25, -0.2) is 0 Å². The van der Waals surface area contributed by atoms with Crippen LogP contribution in [0, 0.1) is 5.92 Å². The van der Waals surface area contributed by atoms with Gasteiger partial charge in [-0.1, -0.05) is 32.4 Å². The van der Waals surface area contributed by atoms with Crippen molar-refractivity contribution in [2.45, 2.75) is 52.5 Å². The topological polar surface area (TPSA) is 35.2 Å². The van der Waals surface area contributed by atoms with Gasteiger partial charge in [0.2, 0.25) is 0 Å². The average Bonchev–Trinajstić information content (AvgIpc) is 2.37. The maximum atomic E-state index is 6.07. The Morgan fingerprint density at radius 2 is 2.05 bits per heavy atom. The molecule has 0 saturated carbocycles. The predicted octanol–water partition coefficient (Wildman–Crippen LogP) is 4.43. The molecule has 0 fully saturated rings. The molecule has 0 spiro atoms.